The molecule has 1 N–H and O–H groups in total. The summed E-state index contributed by atoms with van der Waals surface area (Å²) >= 11 is 0. The van der Waals surface area contributed by atoms with E-state index in [1.807, 2.05) is 39.0 Å². The van der Waals surface area contributed by atoms with Crippen LogP contribution in [-0.2, 0) is 11.2 Å². The molecular weight excluding hydrogens is 368 g/mol. The summed E-state index contributed by atoms with van der Waals surface area (Å²) in [6, 6.07) is 8.91. The highest BCUT2D eigenvalue weighted by atomic mass is 16.5. The largest absolute Gasteiger partial charge is 0.462 e. The zero-order valence-electron chi connectivity index (χ0n) is 17.4. The fourth-order valence-electron chi connectivity index (χ4n) is 3.36. The van der Waals surface area contributed by atoms with E-state index < -0.39 is 0 Å². The van der Waals surface area contributed by atoms with E-state index in [0.717, 1.165) is 11.3 Å². The molecule has 0 aliphatic carbocycles. The molecule has 0 saturated carbocycles. The van der Waals surface area contributed by atoms with Gasteiger partial charge in [0.25, 0.3) is 5.56 Å². The molecule has 0 spiro atoms. The van der Waals surface area contributed by atoms with E-state index in [2.05, 4.69) is 10.4 Å². The van der Waals surface area contributed by atoms with Crippen LogP contribution in [0.15, 0.2) is 35.1 Å². The van der Waals surface area contributed by atoms with E-state index in [4.69, 9.17) is 9.72 Å². The molecule has 7 heteroatoms. The quantitative estimate of drug-likeness (QED) is 0.643. The smallest absolute Gasteiger partial charge is 0.340 e. The topological polar surface area (TPSA) is 85.6 Å². The summed E-state index contributed by atoms with van der Waals surface area (Å²) in [6.07, 6.45) is 0.665. The molecular formula is C22H26N4O3. The van der Waals surface area contributed by atoms with Gasteiger partial charge < -0.3 is 10.1 Å². The highest BCUT2D eigenvalue weighted by Gasteiger charge is 2.19. The molecule has 0 amide bonds. The van der Waals surface area contributed by atoms with Gasteiger partial charge in [0.15, 0.2) is 5.65 Å². The molecule has 0 aliphatic heterocycles. The summed E-state index contributed by atoms with van der Waals surface area (Å²) in [5, 5.41) is 7.74. The van der Waals surface area contributed by atoms with Crippen LogP contribution in [0, 0.1) is 13.8 Å². The van der Waals surface area contributed by atoms with Crippen LogP contribution in [0.2, 0.25) is 0 Å². The Balaban J connectivity index is 2.09. The number of carbonyl (C=O) groups excluding carboxylic acids is 1. The Morgan fingerprint density at radius 3 is 2.66 bits per heavy atom. The monoisotopic (exact) mass is 394 g/mol. The van der Waals surface area contributed by atoms with Gasteiger partial charge in [-0.3, -0.25) is 4.79 Å². The summed E-state index contributed by atoms with van der Waals surface area (Å²) in [5.74, 6) is -0.378. The first kappa shape index (κ1) is 20.5. The average Bonchev–Trinajstić information content (AvgIpc) is 2.71. The number of nitrogens with zero attached hydrogens (tertiary/aromatic N) is 3. The first-order chi connectivity index (χ1) is 13.9. The first-order valence-corrected chi connectivity index (χ1v) is 9.80. The number of para-hydroxylation sites is 1. The normalized spacial score (nSPS) is 12.0. The van der Waals surface area contributed by atoms with Crippen LogP contribution in [0.1, 0.15) is 59.7 Å². The Labute approximate surface area is 169 Å². The average molecular weight is 394 g/mol. The maximum absolute atomic E-state index is 12.8. The molecule has 7 nitrogen and oxygen atoms in total. The maximum Gasteiger partial charge on any atom is 0.340 e. The standard InChI is InChI=1S/C22H26N4O3/c1-6-18-14(4)21(27)26-20(24-18)17(12-13(3)25-26)15(5)23-19-11-9-8-10-16(19)22(28)29-7-2/h8-12,15,23H,6-7H2,1-5H3. The number of anilines is 1. The number of carbonyl (C=O) groups is 1. The van der Waals surface area contributed by atoms with Crippen LogP contribution in [0.5, 0.6) is 0 Å². The second kappa shape index (κ2) is 8.43. The van der Waals surface area contributed by atoms with E-state index in [0.29, 0.717) is 41.2 Å². The molecule has 0 bridgehead atoms. The van der Waals surface area contributed by atoms with Crippen molar-refractivity contribution in [1.29, 1.82) is 0 Å². The molecule has 1 unspecified atom stereocenters. The van der Waals surface area contributed by atoms with Crippen LogP contribution < -0.4 is 10.9 Å². The number of aryl methyl sites for hydroxylation is 2. The van der Waals surface area contributed by atoms with Gasteiger partial charge in [0, 0.05) is 16.8 Å². The van der Waals surface area contributed by atoms with Crippen molar-refractivity contribution >= 4 is 17.3 Å². The molecule has 29 heavy (non-hydrogen) atoms. The molecule has 3 rings (SSSR count). The lowest BCUT2D eigenvalue weighted by atomic mass is 10.1. The summed E-state index contributed by atoms with van der Waals surface area (Å²) in [4.78, 5) is 29.8. The fourth-order valence-corrected chi connectivity index (χ4v) is 3.36. The molecule has 0 saturated heterocycles. The van der Waals surface area contributed by atoms with Crippen LogP contribution in [0.3, 0.4) is 0 Å². The van der Waals surface area contributed by atoms with Crippen molar-refractivity contribution < 1.29 is 9.53 Å². The van der Waals surface area contributed by atoms with Crippen LogP contribution in [0.4, 0.5) is 5.69 Å². The highest BCUT2D eigenvalue weighted by Crippen LogP contribution is 2.25. The molecule has 1 aromatic carbocycles. The van der Waals surface area contributed by atoms with Gasteiger partial charge in [-0.25, -0.2) is 9.78 Å². The van der Waals surface area contributed by atoms with E-state index in [-0.39, 0.29) is 17.6 Å². The lowest BCUT2D eigenvalue weighted by Crippen LogP contribution is -2.25. The SMILES string of the molecule is CCOC(=O)c1ccccc1NC(C)c1cc(C)nn2c(=O)c(C)c(CC)nc12. The number of aromatic nitrogens is 3. The van der Waals surface area contributed by atoms with Crippen molar-refractivity contribution in [2.75, 3.05) is 11.9 Å². The minimum atomic E-state index is -0.378. The van der Waals surface area contributed by atoms with Crippen molar-refractivity contribution in [2.45, 2.75) is 47.1 Å². The molecule has 3 aromatic rings. The number of fused-ring (bicyclic) bond motifs is 1. The Morgan fingerprint density at radius 2 is 1.97 bits per heavy atom. The molecule has 0 aliphatic rings. The van der Waals surface area contributed by atoms with E-state index in [9.17, 15) is 9.59 Å². The first-order valence-electron chi connectivity index (χ1n) is 9.80. The van der Waals surface area contributed by atoms with Crippen molar-refractivity contribution in [3.63, 3.8) is 0 Å². The predicted molar refractivity (Wildman–Crippen MR) is 113 cm³/mol. The molecule has 2 heterocycles. The van der Waals surface area contributed by atoms with Crippen molar-refractivity contribution in [1.82, 2.24) is 14.6 Å². The fraction of sp³-hybridized carbons (Fsp3) is 0.364. The summed E-state index contributed by atoms with van der Waals surface area (Å²) in [6.45, 7) is 9.65. The van der Waals surface area contributed by atoms with Gasteiger partial charge in [0.1, 0.15) is 0 Å². The lowest BCUT2D eigenvalue weighted by molar-refractivity contribution is 0.0527. The van der Waals surface area contributed by atoms with Gasteiger partial charge in [0.05, 0.1) is 29.6 Å². The van der Waals surface area contributed by atoms with Gasteiger partial charge in [-0.2, -0.15) is 9.61 Å². The molecule has 1 atom stereocenters. The van der Waals surface area contributed by atoms with Gasteiger partial charge in [0.2, 0.25) is 0 Å². The Bertz CT molecular complexity index is 1120. The van der Waals surface area contributed by atoms with Gasteiger partial charge >= 0.3 is 5.97 Å². The summed E-state index contributed by atoms with van der Waals surface area (Å²) < 4.78 is 6.53. The summed E-state index contributed by atoms with van der Waals surface area (Å²) in [5.41, 5.74) is 4.43. The van der Waals surface area contributed by atoms with Crippen molar-refractivity contribution in [2.24, 2.45) is 0 Å². The molecule has 2 aromatic heterocycles. The van der Waals surface area contributed by atoms with Gasteiger partial charge in [-0.1, -0.05) is 19.1 Å². The van der Waals surface area contributed by atoms with Crippen molar-refractivity contribution in [3.8, 4) is 0 Å². The third-order valence-corrected chi connectivity index (χ3v) is 4.86. The minimum absolute atomic E-state index is 0.157. The van der Waals surface area contributed by atoms with Crippen molar-refractivity contribution in [3.05, 3.63) is 68.8 Å². The zero-order chi connectivity index (χ0) is 21.1. The van der Waals surface area contributed by atoms with E-state index in [1.165, 1.54) is 4.52 Å². The summed E-state index contributed by atoms with van der Waals surface area (Å²) in [7, 11) is 0. The van der Waals surface area contributed by atoms with Crippen LogP contribution in [0.25, 0.3) is 5.65 Å². The number of benzene rings is 1. The number of hydrogen-bond donors (Lipinski definition) is 1. The second-order valence-electron chi connectivity index (χ2n) is 6.95. The van der Waals surface area contributed by atoms with Gasteiger partial charge in [-0.15, -0.1) is 0 Å². The Hall–Kier alpha value is -3.22. The lowest BCUT2D eigenvalue weighted by Gasteiger charge is -2.20. The molecule has 152 valence electrons. The van der Waals surface area contributed by atoms with Crippen LogP contribution in [-0.4, -0.2) is 27.2 Å². The highest BCUT2D eigenvalue weighted by molar-refractivity contribution is 5.95. The number of hydrogen-bond acceptors (Lipinski definition) is 6. The third-order valence-electron chi connectivity index (χ3n) is 4.86. The number of rotatable bonds is 6. The maximum atomic E-state index is 12.8. The Morgan fingerprint density at radius 1 is 1.24 bits per heavy atom. The number of ether oxygens (including phenoxy) is 1. The Kier molecular flexibility index (Phi) is 5.96. The minimum Gasteiger partial charge on any atom is -0.462 e. The molecule has 0 fully saturated rings. The van der Waals surface area contributed by atoms with Gasteiger partial charge in [-0.05, 0) is 52.3 Å². The number of nitrogens with one attached hydrogen (secondary N) is 1. The predicted octanol–water partition coefficient (Wildman–Crippen LogP) is 3.62. The zero-order valence-corrected chi connectivity index (χ0v) is 17.4. The third kappa shape index (κ3) is 3.99. The molecule has 0 radical (unpaired) electrons. The second-order valence-corrected chi connectivity index (χ2v) is 6.95. The number of esters is 1. The van der Waals surface area contributed by atoms with E-state index in [1.54, 1.807) is 26.0 Å². The van der Waals surface area contributed by atoms with Crippen LogP contribution >= 0.6 is 0 Å². The van der Waals surface area contributed by atoms with E-state index >= 15 is 0 Å².